The molecule has 1 aliphatic heterocycles. The van der Waals surface area contributed by atoms with E-state index in [0.29, 0.717) is 32.5 Å². The van der Waals surface area contributed by atoms with Crippen LogP contribution in [-0.4, -0.2) is 155 Å². The molecule has 1 rings (SSSR count). The van der Waals surface area contributed by atoms with E-state index in [4.69, 9.17) is 28.8 Å². The minimum absolute atomic E-state index is 0.0204. The molecular weight excluding hydrogens is 610 g/mol. The number of carbonyl (C=O) groups is 7. The van der Waals surface area contributed by atoms with E-state index >= 15 is 0 Å². The maximum Gasteiger partial charge on any atom is 0.305 e. The summed E-state index contributed by atoms with van der Waals surface area (Å²) in [4.78, 5) is 86.7. The van der Waals surface area contributed by atoms with Crippen LogP contribution in [0.2, 0.25) is 0 Å². The summed E-state index contributed by atoms with van der Waals surface area (Å²) in [5, 5.41) is 8.54. The van der Waals surface area contributed by atoms with Crippen molar-refractivity contribution in [1.29, 1.82) is 0 Å². The number of carboxylic acid groups (broad SMARTS) is 1. The van der Waals surface area contributed by atoms with Gasteiger partial charge in [0, 0.05) is 51.0 Å². The first-order chi connectivity index (χ1) is 22.1. The van der Waals surface area contributed by atoms with Crippen molar-refractivity contribution in [2.75, 3.05) is 92.8 Å². The van der Waals surface area contributed by atoms with E-state index in [1.165, 1.54) is 24.1 Å². The van der Waals surface area contributed by atoms with E-state index in [0.717, 1.165) is 22.0 Å². The number of aliphatic carboxylic acids is 1. The van der Waals surface area contributed by atoms with Gasteiger partial charge in [0.2, 0.25) is 24.1 Å². The Kier molecular flexibility index (Phi) is 20.5. The molecule has 0 aromatic rings. The van der Waals surface area contributed by atoms with Gasteiger partial charge < -0.3 is 33.7 Å². The summed E-state index contributed by atoms with van der Waals surface area (Å²) in [6.07, 6.45) is 5.48. The number of imide groups is 2. The summed E-state index contributed by atoms with van der Waals surface area (Å²) in [7, 11) is 1.45. The van der Waals surface area contributed by atoms with Gasteiger partial charge in [-0.3, -0.25) is 43.4 Å². The van der Waals surface area contributed by atoms with Crippen LogP contribution in [0.5, 0.6) is 0 Å². The fourth-order valence-electron chi connectivity index (χ4n) is 4.35. The van der Waals surface area contributed by atoms with Gasteiger partial charge in [0.05, 0.1) is 72.5 Å². The van der Waals surface area contributed by atoms with Gasteiger partial charge in [0.15, 0.2) is 0 Å². The zero-order valence-corrected chi connectivity index (χ0v) is 26.5. The molecule has 0 aliphatic carbocycles. The molecule has 0 spiro atoms. The lowest BCUT2D eigenvalue weighted by molar-refractivity contribution is -0.144. The number of hydrogen-bond donors (Lipinski definition) is 1. The van der Waals surface area contributed by atoms with Crippen molar-refractivity contribution in [3.8, 4) is 0 Å². The third-order valence-electron chi connectivity index (χ3n) is 6.50. The topological polar surface area (TPSA) is 196 Å². The van der Waals surface area contributed by atoms with Gasteiger partial charge in [0.25, 0.3) is 5.91 Å². The second kappa shape index (κ2) is 23.5. The van der Waals surface area contributed by atoms with Gasteiger partial charge in [-0.15, -0.1) is 0 Å². The van der Waals surface area contributed by atoms with Crippen LogP contribution in [0, 0.1) is 5.41 Å². The minimum Gasteiger partial charge on any atom is -0.481 e. The monoisotopic (exact) mass is 655 g/mol. The molecule has 16 heteroatoms. The predicted molar refractivity (Wildman–Crippen MR) is 160 cm³/mol. The molecule has 0 bridgehead atoms. The highest BCUT2D eigenvalue weighted by Gasteiger charge is 2.42. The van der Waals surface area contributed by atoms with Gasteiger partial charge in [-0.2, -0.15) is 0 Å². The number of carboxylic acids is 1. The summed E-state index contributed by atoms with van der Waals surface area (Å²) in [6.45, 7) is 2.92. The zero-order valence-electron chi connectivity index (χ0n) is 26.5. The van der Waals surface area contributed by atoms with E-state index in [-0.39, 0.29) is 85.1 Å². The van der Waals surface area contributed by atoms with Crippen LogP contribution in [0.1, 0.15) is 26.2 Å². The number of rotatable bonds is 27. The van der Waals surface area contributed by atoms with Crippen LogP contribution in [0.4, 0.5) is 0 Å². The molecule has 16 nitrogen and oxygen atoms in total. The normalized spacial score (nSPS) is 14.6. The van der Waals surface area contributed by atoms with Crippen molar-refractivity contribution in [1.82, 2.24) is 14.7 Å². The molecule has 1 heterocycles. The van der Waals surface area contributed by atoms with Crippen LogP contribution < -0.4 is 0 Å². The van der Waals surface area contributed by atoms with Gasteiger partial charge >= 0.3 is 5.97 Å². The number of aldehydes is 1. The average Bonchev–Trinajstić information content (AvgIpc) is 3.33. The van der Waals surface area contributed by atoms with Crippen molar-refractivity contribution in [3.63, 3.8) is 0 Å². The van der Waals surface area contributed by atoms with Crippen LogP contribution in [0.25, 0.3) is 0 Å². The second-order valence-corrected chi connectivity index (χ2v) is 10.3. The molecule has 0 saturated carbocycles. The smallest absolute Gasteiger partial charge is 0.305 e. The largest absolute Gasteiger partial charge is 0.481 e. The van der Waals surface area contributed by atoms with Crippen molar-refractivity contribution in [3.05, 3.63) is 24.3 Å². The molecule has 1 unspecified atom stereocenters. The van der Waals surface area contributed by atoms with E-state index in [1.54, 1.807) is 6.92 Å². The maximum atomic E-state index is 12.6. The van der Waals surface area contributed by atoms with Gasteiger partial charge in [-0.05, 0) is 19.1 Å². The molecule has 1 saturated heterocycles. The molecule has 0 aromatic carbocycles. The number of likely N-dealkylation sites (tertiary alicyclic amines) is 1. The lowest BCUT2D eigenvalue weighted by Crippen LogP contribution is -2.55. The zero-order chi connectivity index (χ0) is 34.2. The Morgan fingerprint density at radius 2 is 1.33 bits per heavy atom. The first kappa shape index (κ1) is 40.2. The van der Waals surface area contributed by atoms with Gasteiger partial charge in [-0.25, -0.2) is 0 Å². The molecule has 258 valence electrons. The lowest BCUT2D eigenvalue weighted by atomic mass is 9.86. The standard InChI is InChI=1S/C30H45N3O13/c1-3-5-26(37)32(24-35)21-30(20-31(2)25(36)6-4-10-34,22-33-27(38)7-8-28(33)39)23-46-19-18-45-17-16-44-15-14-43-13-12-42-11-9-29(40)41/h3-6,10,24H,7-9,11-23H2,1-2H3,(H,40,41)/b5-3-,6-4-. The van der Waals surface area contributed by atoms with Crippen LogP contribution in [0.15, 0.2) is 24.3 Å². The average molecular weight is 656 g/mol. The number of nitrogens with zero attached hydrogens (tertiary/aromatic N) is 3. The molecule has 1 atom stereocenters. The van der Waals surface area contributed by atoms with Crippen molar-refractivity contribution >= 4 is 42.3 Å². The Labute approximate surface area is 268 Å². The van der Waals surface area contributed by atoms with Crippen molar-refractivity contribution in [2.24, 2.45) is 5.41 Å². The molecule has 46 heavy (non-hydrogen) atoms. The fraction of sp³-hybridized carbons (Fsp3) is 0.633. The number of carbonyl (C=O) groups excluding carboxylic acids is 6. The first-order valence-electron chi connectivity index (χ1n) is 14.8. The number of amides is 5. The Bertz CT molecular complexity index is 1050. The summed E-state index contributed by atoms with van der Waals surface area (Å²) < 4.78 is 27.3. The van der Waals surface area contributed by atoms with E-state index in [1.807, 2.05) is 0 Å². The highest BCUT2D eigenvalue weighted by atomic mass is 16.6. The van der Waals surface area contributed by atoms with E-state index in [2.05, 4.69) is 0 Å². The third kappa shape index (κ3) is 16.5. The summed E-state index contributed by atoms with van der Waals surface area (Å²) in [6, 6.07) is 0. The summed E-state index contributed by atoms with van der Waals surface area (Å²) in [5.74, 6) is -2.94. The van der Waals surface area contributed by atoms with Crippen LogP contribution in [-0.2, 0) is 57.2 Å². The fourth-order valence-corrected chi connectivity index (χ4v) is 4.35. The second-order valence-electron chi connectivity index (χ2n) is 10.3. The number of allylic oxidation sites excluding steroid dienone is 2. The highest BCUT2D eigenvalue weighted by molar-refractivity contribution is 6.02. The number of ether oxygens (including phenoxy) is 5. The Balaban J connectivity index is 2.74. The molecule has 5 amide bonds. The number of likely N-dealkylation sites (N-methyl/N-ethyl adjacent to an activating group) is 1. The summed E-state index contributed by atoms with van der Waals surface area (Å²) in [5.41, 5.74) is -1.28. The van der Waals surface area contributed by atoms with E-state index < -0.39 is 35.0 Å². The third-order valence-corrected chi connectivity index (χ3v) is 6.50. The molecule has 1 N–H and O–H groups in total. The Morgan fingerprint density at radius 3 is 1.80 bits per heavy atom. The van der Waals surface area contributed by atoms with Crippen molar-refractivity contribution < 1.29 is 62.4 Å². The molecule has 1 fully saturated rings. The highest BCUT2D eigenvalue weighted by Crippen LogP contribution is 2.27. The number of hydrogen-bond acceptors (Lipinski definition) is 12. The first-order valence-corrected chi connectivity index (χ1v) is 14.8. The van der Waals surface area contributed by atoms with Crippen molar-refractivity contribution in [2.45, 2.75) is 26.2 Å². The quantitative estimate of drug-likeness (QED) is 0.0513. The molecular formula is C30H45N3O13. The molecule has 0 radical (unpaired) electrons. The van der Waals surface area contributed by atoms with Gasteiger partial charge in [0.1, 0.15) is 6.29 Å². The van der Waals surface area contributed by atoms with Gasteiger partial charge in [-0.1, -0.05) is 6.08 Å². The Hall–Kier alpha value is -3.83. The maximum absolute atomic E-state index is 12.6. The minimum atomic E-state index is -1.28. The SMILES string of the molecule is C/C=C\C(=O)N(C=O)CC(COCCOCCOCCOCCOCCC(=O)O)(CN(C)C(=O)/C=C\C=O)CN1C(=O)CCC1=O. The van der Waals surface area contributed by atoms with Crippen LogP contribution >= 0.6 is 0 Å². The lowest BCUT2D eigenvalue weighted by Gasteiger charge is -2.40. The van der Waals surface area contributed by atoms with E-state index in [9.17, 15) is 33.6 Å². The molecule has 0 aromatic heterocycles. The molecule has 1 aliphatic rings. The summed E-state index contributed by atoms with van der Waals surface area (Å²) >= 11 is 0. The Morgan fingerprint density at radius 1 is 0.804 bits per heavy atom. The van der Waals surface area contributed by atoms with Crippen LogP contribution in [0.3, 0.4) is 0 Å². The predicted octanol–water partition coefficient (Wildman–Crippen LogP) is -0.546.